The van der Waals surface area contributed by atoms with Crippen LogP contribution in [-0.4, -0.2) is 60.4 Å². The maximum atomic E-state index is 12.2. The zero-order valence-corrected chi connectivity index (χ0v) is 15.2. The molecule has 0 bridgehead atoms. The highest BCUT2D eigenvalue weighted by Gasteiger charge is 2.29. The average Bonchev–Trinajstić information content (AvgIpc) is 2.58. The van der Waals surface area contributed by atoms with Crippen LogP contribution in [0.2, 0.25) is 10.0 Å². The molecular formula is C15H16Cl2N2O4S. The minimum Gasteiger partial charge on any atom is -0.468 e. The Bertz CT molecular complexity index is 656. The lowest BCUT2D eigenvalue weighted by atomic mass is 10.2. The first-order chi connectivity index (χ1) is 11.4. The number of carbonyl (C=O) groups is 3. The Hall–Kier alpha value is -1.44. The molecule has 130 valence electrons. The molecule has 0 saturated carbocycles. The molecule has 0 radical (unpaired) electrons. The summed E-state index contributed by atoms with van der Waals surface area (Å²) in [4.78, 5) is 37.4. The zero-order valence-electron chi connectivity index (χ0n) is 12.9. The molecule has 1 aliphatic rings. The van der Waals surface area contributed by atoms with Gasteiger partial charge in [0.05, 0.1) is 24.2 Å². The molecule has 1 N–H and O–H groups in total. The third-order valence-electron chi connectivity index (χ3n) is 3.46. The van der Waals surface area contributed by atoms with E-state index in [1.165, 1.54) is 31.0 Å². The lowest BCUT2D eigenvalue weighted by Crippen LogP contribution is -2.48. The van der Waals surface area contributed by atoms with E-state index < -0.39 is 11.2 Å². The van der Waals surface area contributed by atoms with Crippen LogP contribution in [0.3, 0.4) is 0 Å². The van der Waals surface area contributed by atoms with Gasteiger partial charge in [-0.2, -0.15) is 0 Å². The number of amides is 2. The Morgan fingerprint density at radius 3 is 2.79 bits per heavy atom. The summed E-state index contributed by atoms with van der Waals surface area (Å²) in [5.41, 5.74) is 0.246. The fourth-order valence-electron chi connectivity index (χ4n) is 2.19. The number of hydrogen-bond acceptors (Lipinski definition) is 5. The van der Waals surface area contributed by atoms with Crippen LogP contribution < -0.4 is 5.32 Å². The minimum atomic E-state index is -0.457. The van der Waals surface area contributed by atoms with Gasteiger partial charge in [0.2, 0.25) is 5.91 Å². The molecule has 9 heteroatoms. The maximum absolute atomic E-state index is 12.2. The molecule has 1 saturated heterocycles. The van der Waals surface area contributed by atoms with Crippen molar-refractivity contribution >= 4 is 52.7 Å². The second-order valence-corrected chi connectivity index (χ2v) is 7.18. The van der Waals surface area contributed by atoms with E-state index in [0.29, 0.717) is 17.3 Å². The first-order valence-corrected chi connectivity index (χ1v) is 8.93. The summed E-state index contributed by atoms with van der Waals surface area (Å²) in [7, 11) is 1.32. The summed E-state index contributed by atoms with van der Waals surface area (Å²) >= 11 is 13.2. The van der Waals surface area contributed by atoms with Crippen LogP contribution in [0.4, 0.5) is 0 Å². The molecule has 2 amide bonds. The molecule has 1 atom stereocenters. The van der Waals surface area contributed by atoms with E-state index >= 15 is 0 Å². The highest BCUT2D eigenvalue weighted by atomic mass is 35.5. The Morgan fingerprint density at radius 1 is 1.38 bits per heavy atom. The van der Waals surface area contributed by atoms with Gasteiger partial charge in [-0.05, 0) is 18.2 Å². The van der Waals surface area contributed by atoms with Crippen LogP contribution in [0.15, 0.2) is 18.2 Å². The van der Waals surface area contributed by atoms with Crippen molar-refractivity contribution in [2.45, 2.75) is 5.25 Å². The normalized spacial score (nSPS) is 17.3. The molecule has 0 spiro atoms. The second kappa shape index (κ2) is 8.60. The SMILES string of the molecule is COC(=O)[C@@H]1CN(C(=O)CNC(=O)c2ccc(Cl)cc2Cl)CCS1. The summed E-state index contributed by atoms with van der Waals surface area (Å²) in [5.74, 6) is -0.430. The third-order valence-corrected chi connectivity index (χ3v) is 5.17. The van der Waals surface area contributed by atoms with Crippen molar-refractivity contribution in [3.63, 3.8) is 0 Å². The molecular weight excluding hydrogens is 375 g/mol. The quantitative estimate of drug-likeness (QED) is 0.793. The van der Waals surface area contributed by atoms with Gasteiger partial charge >= 0.3 is 5.97 Å². The second-order valence-electron chi connectivity index (χ2n) is 5.03. The zero-order chi connectivity index (χ0) is 17.7. The first-order valence-electron chi connectivity index (χ1n) is 7.13. The number of benzene rings is 1. The van der Waals surface area contributed by atoms with E-state index in [1.54, 1.807) is 11.0 Å². The third kappa shape index (κ3) is 4.78. The largest absolute Gasteiger partial charge is 0.468 e. The summed E-state index contributed by atoms with van der Waals surface area (Å²) in [6.07, 6.45) is 0. The number of hydrogen-bond donors (Lipinski definition) is 1. The van der Waals surface area contributed by atoms with Crippen molar-refractivity contribution in [2.24, 2.45) is 0 Å². The number of nitrogens with one attached hydrogen (secondary N) is 1. The molecule has 0 unspecified atom stereocenters. The lowest BCUT2D eigenvalue weighted by Gasteiger charge is -2.31. The summed E-state index contributed by atoms with van der Waals surface area (Å²) in [6.45, 7) is 0.624. The van der Waals surface area contributed by atoms with Crippen molar-refractivity contribution < 1.29 is 19.1 Å². The highest BCUT2D eigenvalue weighted by Crippen LogP contribution is 2.21. The molecule has 6 nitrogen and oxygen atoms in total. The van der Waals surface area contributed by atoms with Gasteiger partial charge < -0.3 is 15.0 Å². The first kappa shape index (κ1) is 18.9. The number of rotatable bonds is 4. The Kier molecular flexibility index (Phi) is 6.77. The molecule has 1 aromatic carbocycles. The molecule has 0 aliphatic carbocycles. The van der Waals surface area contributed by atoms with E-state index in [9.17, 15) is 14.4 Å². The van der Waals surface area contributed by atoms with Crippen molar-refractivity contribution in [3.8, 4) is 0 Å². The molecule has 1 aromatic rings. The van der Waals surface area contributed by atoms with E-state index in [-0.39, 0.29) is 35.6 Å². The van der Waals surface area contributed by atoms with E-state index in [2.05, 4.69) is 5.32 Å². The molecule has 0 aromatic heterocycles. The van der Waals surface area contributed by atoms with Crippen LogP contribution in [0.1, 0.15) is 10.4 Å². The number of halogens is 2. The number of carbonyl (C=O) groups excluding carboxylic acids is 3. The van der Waals surface area contributed by atoms with Gasteiger partial charge in [-0.25, -0.2) is 0 Å². The van der Waals surface area contributed by atoms with Gasteiger partial charge in [0.1, 0.15) is 5.25 Å². The summed E-state index contributed by atoms with van der Waals surface area (Å²) in [6, 6.07) is 4.50. The van der Waals surface area contributed by atoms with Crippen LogP contribution in [0.25, 0.3) is 0 Å². The Morgan fingerprint density at radius 2 is 2.12 bits per heavy atom. The fourth-order valence-corrected chi connectivity index (χ4v) is 3.81. The summed E-state index contributed by atoms with van der Waals surface area (Å²) < 4.78 is 4.70. The van der Waals surface area contributed by atoms with Crippen LogP contribution in [0, 0.1) is 0 Å². The fraction of sp³-hybridized carbons (Fsp3) is 0.400. The molecule has 1 fully saturated rings. The maximum Gasteiger partial charge on any atom is 0.320 e. The van der Waals surface area contributed by atoms with Crippen LogP contribution in [-0.2, 0) is 14.3 Å². The highest BCUT2D eigenvalue weighted by molar-refractivity contribution is 8.00. The monoisotopic (exact) mass is 390 g/mol. The van der Waals surface area contributed by atoms with Crippen molar-refractivity contribution in [3.05, 3.63) is 33.8 Å². The number of methoxy groups -OCH3 is 1. The van der Waals surface area contributed by atoms with E-state index in [1.807, 2.05) is 0 Å². The molecule has 2 rings (SSSR count). The topological polar surface area (TPSA) is 75.7 Å². The van der Waals surface area contributed by atoms with Gasteiger partial charge in [-0.3, -0.25) is 14.4 Å². The van der Waals surface area contributed by atoms with Crippen LogP contribution in [0.5, 0.6) is 0 Å². The van der Waals surface area contributed by atoms with Gasteiger partial charge in [0.25, 0.3) is 5.91 Å². The standard InChI is InChI=1S/C15H16Cl2N2O4S/c1-23-15(22)12-8-19(4-5-24-12)13(20)7-18-14(21)10-3-2-9(16)6-11(10)17/h2-3,6,12H,4-5,7-8H2,1H3,(H,18,21)/t12-/m0/s1. The smallest absolute Gasteiger partial charge is 0.320 e. The van der Waals surface area contributed by atoms with Gasteiger partial charge in [0, 0.05) is 23.9 Å². The van der Waals surface area contributed by atoms with Crippen molar-refractivity contribution in [1.29, 1.82) is 0 Å². The Balaban J connectivity index is 1.90. The van der Waals surface area contributed by atoms with E-state index in [0.717, 1.165) is 0 Å². The number of ether oxygens (including phenoxy) is 1. The average molecular weight is 391 g/mol. The Labute approximate surface area is 153 Å². The van der Waals surface area contributed by atoms with Gasteiger partial charge in [-0.15, -0.1) is 11.8 Å². The molecule has 1 heterocycles. The number of nitrogens with zero attached hydrogens (tertiary/aromatic N) is 1. The van der Waals surface area contributed by atoms with Crippen LogP contribution >= 0.6 is 35.0 Å². The van der Waals surface area contributed by atoms with Gasteiger partial charge in [-0.1, -0.05) is 23.2 Å². The minimum absolute atomic E-state index is 0.170. The molecule has 1 aliphatic heterocycles. The van der Waals surface area contributed by atoms with Crippen molar-refractivity contribution in [1.82, 2.24) is 10.2 Å². The van der Waals surface area contributed by atoms with Gasteiger partial charge in [0.15, 0.2) is 0 Å². The molecule has 24 heavy (non-hydrogen) atoms. The predicted molar refractivity (Wildman–Crippen MR) is 93.6 cm³/mol. The van der Waals surface area contributed by atoms with E-state index in [4.69, 9.17) is 27.9 Å². The predicted octanol–water partition coefficient (Wildman–Crippen LogP) is 1.84. The number of esters is 1. The lowest BCUT2D eigenvalue weighted by molar-refractivity contribution is -0.141. The number of thioether (sulfide) groups is 1. The summed E-state index contributed by atoms with van der Waals surface area (Å²) in [5, 5.41) is 2.78. The van der Waals surface area contributed by atoms with Crippen molar-refractivity contribution in [2.75, 3.05) is 32.5 Å².